The molecule has 1 atom stereocenters. The van der Waals surface area contributed by atoms with Gasteiger partial charge in [-0.3, -0.25) is 4.79 Å². The van der Waals surface area contributed by atoms with Gasteiger partial charge >= 0.3 is 0 Å². The maximum atomic E-state index is 14.7. The maximum Gasteiger partial charge on any atom is 0.246 e. The Kier molecular flexibility index (Phi) is 7.20. The van der Waals surface area contributed by atoms with Crippen molar-refractivity contribution in [3.8, 4) is 11.3 Å². The summed E-state index contributed by atoms with van der Waals surface area (Å²) in [5.41, 5.74) is 1.24. The van der Waals surface area contributed by atoms with Crippen molar-refractivity contribution in [1.29, 1.82) is 0 Å². The Hall–Kier alpha value is -3.23. The minimum atomic E-state index is -0.419. The summed E-state index contributed by atoms with van der Waals surface area (Å²) in [6.45, 7) is 15.7. The Labute approximate surface area is 216 Å². The average molecular weight is 512 g/mol. The molecule has 1 aromatic carbocycles. The minimum Gasteiger partial charge on any atom is -0.394 e. The van der Waals surface area contributed by atoms with Gasteiger partial charge in [-0.25, -0.2) is 14.4 Å². The van der Waals surface area contributed by atoms with E-state index in [-0.39, 0.29) is 17.9 Å². The first-order chi connectivity index (χ1) is 17.0. The Morgan fingerprint density at radius 2 is 2.00 bits per heavy atom. The van der Waals surface area contributed by atoms with Crippen LogP contribution in [-0.2, 0) is 4.79 Å². The highest BCUT2D eigenvalue weighted by Crippen LogP contribution is 2.38. The lowest BCUT2D eigenvalue weighted by Gasteiger charge is -2.43. The normalized spacial score (nSPS) is 18.2. The molecular weight excluding hydrogens is 481 g/mol. The monoisotopic (exact) mass is 511 g/mol. The van der Waals surface area contributed by atoms with Crippen LogP contribution in [0.5, 0.6) is 0 Å². The number of hydrogen-bond donors (Lipinski definition) is 1. The smallest absolute Gasteiger partial charge is 0.246 e. The van der Waals surface area contributed by atoms with Crippen molar-refractivity contribution in [2.45, 2.75) is 26.8 Å². The number of rotatable bonds is 4. The molecule has 0 saturated carbocycles. The van der Waals surface area contributed by atoms with Gasteiger partial charge in [0.15, 0.2) is 0 Å². The van der Waals surface area contributed by atoms with Crippen molar-refractivity contribution in [2.24, 2.45) is 10.4 Å². The number of carbonyl (C=O) groups excluding carboxylic acids is 1. The fourth-order valence-electron chi connectivity index (χ4n) is 4.55. The van der Waals surface area contributed by atoms with Crippen LogP contribution in [0.1, 0.15) is 26.3 Å². The van der Waals surface area contributed by atoms with Crippen molar-refractivity contribution >= 4 is 29.2 Å². The molecule has 0 radical (unpaired) electrons. The van der Waals surface area contributed by atoms with Gasteiger partial charge in [0.25, 0.3) is 0 Å². The van der Waals surface area contributed by atoms with Gasteiger partial charge in [0.2, 0.25) is 5.91 Å². The van der Waals surface area contributed by atoms with Gasteiger partial charge in [-0.2, -0.15) is 0 Å². The molecule has 1 fully saturated rings. The van der Waals surface area contributed by atoms with E-state index in [0.29, 0.717) is 65.5 Å². The molecule has 4 rings (SSSR count). The molecule has 0 bridgehead atoms. The van der Waals surface area contributed by atoms with E-state index < -0.39 is 11.9 Å². The molecule has 1 aromatic heterocycles. The predicted octanol–water partition coefficient (Wildman–Crippen LogP) is 4.32. The summed E-state index contributed by atoms with van der Waals surface area (Å²) in [7, 11) is 0. The third kappa shape index (κ3) is 5.01. The molecule has 1 saturated heterocycles. The number of aliphatic imine (C=N–C) groups is 1. The number of aliphatic hydroxyl groups is 1. The lowest BCUT2D eigenvalue weighted by atomic mass is 9.95. The summed E-state index contributed by atoms with van der Waals surface area (Å²) >= 11 is 6.68. The van der Waals surface area contributed by atoms with Crippen LogP contribution in [0.2, 0.25) is 5.02 Å². The van der Waals surface area contributed by atoms with Gasteiger partial charge in [0, 0.05) is 31.7 Å². The van der Waals surface area contributed by atoms with Crippen LogP contribution in [0.3, 0.4) is 0 Å². The quantitative estimate of drug-likeness (QED) is 0.619. The number of pyridine rings is 1. The van der Waals surface area contributed by atoms with Gasteiger partial charge in [0.05, 0.1) is 28.9 Å². The second kappa shape index (κ2) is 10.0. The lowest BCUT2D eigenvalue weighted by molar-refractivity contribution is -0.131. The maximum absolute atomic E-state index is 14.7. The molecular formula is C27H31ClFN5O2. The van der Waals surface area contributed by atoms with Gasteiger partial charge in [-0.05, 0) is 29.7 Å². The van der Waals surface area contributed by atoms with Crippen molar-refractivity contribution in [1.82, 2.24) is 14.8 Å². The van der Waals surface area contributed by atoms with E-state index in [1.54, 1.807) is 29.2 Å². The molecule has 2 aliphatic heterocycles. The molecule has 9 heteroatoms. The Balaban J connectivity index is 1.81. The summed E-state index contributed by atoms with van der Waals surface area (Å²) in [6, 6.07) is 7.74. The van der Waals surface area contributed by atoms with E-state index in [1.807, 2.05) is 9.80 Å². The minimum absolute atomic E-state index is 0.106. The third-order valence-electron chi connectivity index (χ3n) is 6.21. The first-order valence-corrected chi connectivity index (χ1v) is 12.2. The number of nitrogens with zero attached hydrogens (tertiary/aromatic N) is 5. The number of amidine groups is 1. The van der Waals surface area contributed by atoms with Gasteiger partial charge in [0.1, 0.15) is 23.3 Å². The fraction of sp³-hybridized carbons (Fsp3) is 0.370. The number of halogens is 2. The van der Waals surface area contributed by atoms with E-state index in [9.17, 15) is 14.3 Å². The third-order valence-corrected chi connectivity index (χ3v) is 6.50. The summed E-state index contributed by atoms with van der Waals surface area (Å²) in [6.07, 6.45) is 1.26. The molecule has 36 heavy (non-hydrogen) atoms. The van der Waals surface area contributed by atoms with Crippen molar-refractivity contribution in [3.05, 3.63) is 71.8 Å². The average Bonchev–Trinajstić information content (AvgIpc) is 2.84. The second-order valence-corrected chi connectivity index (χ2v) is 10.6. The molecule has 0 unspecified atom stereocenters. The second-order valence-electron chi connectivity index (χ2n) is 10.2. The zero-order valence-corrected chi connectivity index (χ0v) is 21.6. The van der Waals surface area contributed by atoms with Crippen LogP contribution in [-0.4, -0.2) is 70.5 Å². The number of aliphatic hydroxyl groups excluding tert-OH is 1. The molecule has 2 aliphatic rings. The summed E-state index contributed by atoms with van der Waals surface area (Å²) in [5.74, 6) is 1.07. The molecule has 2 aromatic rings. The van der Waals surface area contributed by atoms with Crippen LogP contribution in [0, 0.1) is 11.2 Å². The SMILES string of the molecule is C=CC(=O)N1CCN(C2=NC(=C)N(CC(C)(C)C)c3nc(-c4ccccc4F)c(Cl)cc32)C[C@@H]1CO. The molecule has 7 nitrogen and oxygen atoms in total. The topological polar surface area (TPSA) is 72.3 Å². The van der Waals surface area contributed by atoms with E-state index in [0.717, 1.165) is 0 Å². The predicted molar refractivity (Wildman–Crippen MR) is 141 cm³/mol. The highest BCUT2D eigenvalue weighted by atomic mass is 35.5. The number of fused-ring (bicyclic) bond motifs is 1. The molecule has 3 heterocycles. The summed E-state index contributed by atoms with van der Waals surface area (Å²) in [4.78, 5) is 27.5. The van der Waals surface area contributed by atoms with Crippen molar-refractivity contribution in [3.63, 3.8) is 0 Å². The van der Waals surface area contributed by atoms with Gasteiger partial charge in [-0.15, -0.1) is 0 Å². The van der Waals surface area contributed by atoms with Crippen LogP contribution in [0.4, 0.5) is 10.2 Å². The molecule has 1 amide bonds. The number of benzene rings is 1. The largest absolute Gasteiger partial charge is 0.394 e. The first kappa shape index (κ1) is 25.9. The van der Waals surface area contributed by atoms with Gasteiger partial charge < -0.3 is 19.8 Å². The molecule has 190 valence electrons. The van der Waals surface area contributed by atoms with E-state index in [4.69, 9.17) is 21.6 Å². The molecule has 0 aliphatic carbocycles. The Bertz CT molecular complexity index is 1240. The number of aromatic nitrogens is 1. The van der Waals surface area contributed by atoms with E-state index in [2.05, 4.69) is 33.9 Å². The number of anilines is 1. The highest BCUT2D eigenvalue weighted by Gasteiger charge is 2.36. The molecule has 1 N–H and O–H groups in total. The van der Waals surface area contributed by atoms with E-state index in [1.165, 1.54) is 12.1 Å². The van der Waals surface area contributed by atoms with Crippen LogP contribution < -0.4 is 4.90 Å². The Morgan fingerprint density at radius 1 is 1.28 bits per heavy atom. The van der Waals surface area contributed by atoms with Crippen LogP contribution in [0.25, 0.3) is 11.3 Å². The number of hydrogen-bond acceptors (Lipinski definition) is 6. The van der Waals surface area contributed by atoms with Crippen molar-refractivity contribution < 1.29 is 14.3 Å². The van der Waals surface area contributed by atoms with Crippen molar-refractivity contribution in [2.75, 3.05) is 37.7 Å². The zero-order valence-electron chi connectivity index (χ0n) is 20.8. The first-order valence-electron chi connectivity index (χ1n) is 11.8. The number of amides is 1. The Morgan fingerprint density at radius 3 is 2.64 bits per heavy atom. The van der Waals surface area contributed by atoms with Gasteiger partial charge in [-0.1, -0.05) is 57.7 Å². The van der Waals surface area contributed by atoms with Crippen LogP contribution >= 0.6 is 11.6 Å². The summed E-state index contributed by atoms with van der Waals surface area (Å²) in [5, 5.41) is 10.3. The summed E-state index contributed by atoms with van der Waals surface area (Å²) < 4.78 is 14.7. The highest BCUT2D eigenvalue weighted by molar-refractivity contribution is 6.33. The fourth-order valence-corrected chi connectivity index (χ4v) is 4.80. The number of carbonyl (C=O) groups is 1. The lowest BCUT2D eigenvalue weighted by Crippen LogP contribution is -2.58. The van der Waals surface area contributed by atoms with Crippen LogP contribution in [0.15, 0.2) is 60.4 Å². The molecule has 0 spiro atoms. The van der Waals surface area contributed by atoms with E-state index >= 15 is 0 Å². The standard InChI is InChI=1S/C27H31ClFN5O2/c1-6-23(36)33-12-11-32(14-18(33)15-35)25-20-13-21(28)24(19-9-7-8-10-22(19)29)31-26(20)34(17(2)30-25)16-27(3,4)5/h6-10,13,18,35H,1-2,11-12,14-16H2,3-5H3/t18-/m1/s1. The zero-order chi connectivity index (χ0) is 26.2. The number of piperazine rings is 1.